The van der Waals surface area contributed by atoms with Crippen LogP contribution in [0.2, 0.25) is 0 Å². The third kappa shape index (κ3) is 5.38. The largest absolute Gasteiger partial charge is 0.360 e. The second-order valence-corrected chi connectivity index (χ2v) is 7.37. The number of hydrogen-bond donors (Lipinski definition) is 1. The van der Waals surface area contributed by atoms with Crippen molar-refractivity contribution in [3.8, 4) is 0 Å². The van der Waals surface area contributed by atoms with Gasteiger partial charge in [0, 0.05) is 19.0 Å². The van der Waals surface area contributed by atoms with Crippen LogP contribution in [0.15, 0.2) is 40.9 Å². The summed E-state index contributed by atoms with van der Waals surface area (Å²) < 4.78 is 29.7. The molecule has 0 fully saturated rings. The SMILES string of the molecule is Cc1cc(N(CCNC(=O)CCc2ccccc2)S(C)(=O)=O)no1. The fraction of sp³-hybridized carbons (Fsp3) is 0.375. The molecule has 0 unspecified atom stereocenters. The van der Waals surface area contributed by atoms with E-state index in [0.29, 0.717) is 18.6 Å². The highest BCUT2D eigenvalue weighted by Gasteiger charge is 2.20. The van der Waals surface area contributed by atoms with Crippen LogP contribution in [-0.2, 0) is 21.2 Å². The lowest BCUT2D eigenvalue weighted by Crippen LogP contribution is -2.38. The lowest BCUT2D eigenvalue weighted by atomic mass is 10.1. The molecule has 2 rings (SSSR count). The summed E-state index contributed by atoms with van der Waals surface area (Å²) in [7, 11) is -3.50. The van der Waals surface area contributed by atoms with Gasteiger partial charge in [0.05, 0.1) is 12.8 Å². The molecule has 1 aromatic carbocycles. The highest BCUT2D eigenvalue weighted by atomic mass is 32.2. The minimum atomic E-state index is -3.50. The van der Waals surface area contributed by atoms with Gasteiger partial charge in [-0.15, -0.1) is 0 Å². The summed E-state index contributed by atoms with van der Waals surface area (Å²) in [4.78, 5) is 11.9. The molecule has 1 N–H and O–H groups in total. The van der Waals surface area contributed by atoms with Crippen molar-refractivity contribution in [2.75, 3.05) is 23.7 Å². The molecule has 0 radical (unpaired) electrons. The number of carbonyl (C=O) groups excluding carboxylic acids is 1. The smallest absolute Gasteiger partial charge is 0.233 e. The lowest BCUT2D eigenvalue weighted by Gasteiger charge is -2.19. The van der Waals surface area contributed by atoms with Crippen LogP contribution in [0.5, 0.6) is 0 Å². The van der Waals surface area contributed by atoms with Crippen LogP contribution in [-0.4, -0.2) is 38.8 Å². The zero-order valence-corrected chi connectivity index (χ0v) is 14.5. The van der Waals surface area contributed by atoms with E-state index < -0.39 is 10.0 Å². The standard InChI is InChI=1S/C16H21N3O4S/c1-13-12-15(18-23-13)19(24(2,21)22)11-10-17-16(20)9-8-14-6-4-3-5-7-14/h3-7,12H,8-11H2,1-2H3,(H,17,20). The Bertz CT molecular complexity index is 772. The van der Waals surface area contributed by atoms with Crippen LogP contribution < -0.4 is 9.62 Å². The monoisotopic (exact) mass is 351 g/mol. The van der Waals surface area contributed by atoms with Gasteiger partial charge in [0.2, 0.25) is 15.9 Å². The molecule has 0 atom stereocenters. The van der Waals surface area contributed by atoms with E-state index in [1.165, 1.54) is 6.07 Å². The Hall–Kier alpha value is -2.35. The van der Waals surface area contributed by atoms with Crippen molar-refractivity contribution >= 4 is 21.7 Å². The number of rotatable bonds is 8. The molecule has 0 aliphatic carbocycles. The normalized spacial score (nSPS) is 11.2. The number of amides is 1. The molecule has 0 spiro atoms. The summed E-state index contributed by atoms with van der Waals surface area (Å²) >= 11 is 0. The first-order chi connectivity index (χ1) is 11.4. The van der Waals surface area contributed by atoms with Crippen molar-refractivity contribution < 1.29 is 17.7 Å². The number of sulfonamides is 1. The first-order valence-electron chi connectivity index (χ1n) is 7.58. The van der Waals surface area contributed by atoms with Crippen LogP contribution in [0.25, 0.3) is 0 Å². The third-order valence-electron chi connectivity index (χ3n) is 3.39. The average Bonchev–Trinajstić information content (AvgIpc) is 2.95. The molecule has 1 amide bonds. The van der Waals surface area contributed by atoms with Crippen LogP contribution in [0, 0.1) is 6.92 Å². The number of nitrogens with one attached hydrogen (secondary N) is 1. The molecular weight excluding hydrogens is 330 g/mol. The van der Waals surface area contributed by atoms with E-state index >= 15 is 0 Å². The maximum atomic E-state index is 11.9. The fourth-order valence-corrected chi connectivity index (χ4v) is 3.06. The van der Waals surface area contributed by atoms with Gasteiger partial charge in [-0.05, 0) is 18.9 Å². The second kappa shape index (κ2) is 7.96. The molecule has 0 aliphatic rings. The molecule has 1 heterocycles. The molecule has 0 saturated heterocycles. The fourth-order valence-electron chi connectivity index (χ4n) is 2.21. The Balaban J connectivity index is 1.83. The van der Waals surface area contributed by atoms with Gasteiger partial charge in [-0.1, -0.05) is 35.5 Å². The van der Waals surface area contributed by atoms with Gasteiger partial charge < -0.3 is 9.84 Å². The number of nitrogens with zero attached hydrogens (tertiary/aromatic N) is 2. The molecule has 24 heavy (non-hydrogen) atoms. The van der Waals surface area contributed by atoms with Gasteiger partial charge in [-0.25, -0.2) is 12.7 Å². The van der Waals surface area contributed by atoms with Crippen LogP contribution in [0.1, 0.15) is 17.7 Å². The predicted molar refractivity (Wildman–Crippen MR) is 91.2 cm³/mol. The van der Waals surface area contributed by atoms with Crippen molar-refractivity contribution in [1.82, 2.24) is 10.5 Å². The highest BCUT2D eigenvalue weighted by molar-refractivity contribution is 7.92. The van der Waals surface area contributed by atoms with Crippen LogP contribution in [0.3, 0.4) is 0 Å². The third-order valence-corrected chi connectivity index (χ3v) is 4.56. The minimum Gasteiger partial charge on any atom is -0.360 e. The highest BCUT2D eigenvalue weighted by Crippen LogP contribution is 2.16. The van der Waals surface area contributed by atoms with Crippen molar-refractivity contribution in [1.29, 1.82) is 0 Å². The van der Waals surface area contributed by atoms with E-state index in [1.54, 1.807) is 6.92 Å². The molecule has 130 valence electrons. The lowest BCUT2D eigenvalue weighted by molar-refractivity contribution is -0.120. The first-order valence-corrected chi connectivity index (χ1v) is 9.43. The number of hydrogen-bond acceptors (Lipinski definition) is 5. The number of carbonyl (C=O) groups is 1. The molecule has 2 aromatic rings. The van der Waals surface area contributed by atoms with Gasteiger partial charge in [-0.2, -0.15) is 0 Å². The van der Waals surface area contributed by atoms with E-state index in [1.807, 2.05) is 30.3 Å². The molecule has 1 aromatic heterocycles. The topological polar surface area (TPSA) is 92.5 Å². The van der Waals surface area contributed by atoms with Gasteiger partial charge >= 0.3 is 0 Å². The average molecular weight is 351 g/mol. The number of aryl methyl sites for hydroxylation is 2. The van der Waals surface area contributed by atoms with Crippen molar-refractivity contribution in [3.63, 3.8) is 0 Å². The summed E-state index contributed by atoms with van der Waals surface area (Å²) in [6, 6.07) is 11.2. The molecular formula is C16H21N3O4S. The Labute approximate surface area is 141 Å². The van der Waals surface area contributed by atoms with E-state index in [-0.39, 0.29) is 24.8 Å². The summed E-state index contributed by atoms with van der Waals surface area (Å²) in [6.45, 7) is 1.98. The predicted octanol–water partition coefficient (Wildman–Crippen LogP) is 1.50. The Morgan fingerprint density at radius 3 is 2.58 bits per heavy atom. The van der Waals surface area contributed by atoms with E-state index in [9.17, 15) is 13.2 Å². The maximum absolute atomic E-state index is 11.9. The van der Waals surface area contributed by atoms with Crippen LogP contribution >= 0.6 is 0 Å². The minimum absolute atomic E-state index is 0.0991. The second-order valence-electron chi connectivity index (χ2n) is 5.47. The maximum Gasteiger partial charge on any atom is 0.233 e. The van der Waals surface area contributed by atoms with Gasteiger partial charge in [0.25, 0.3) is 0 Å². The number of anilines is 1. The first kappa shape index (κ1) is 18.0. The van der Waals surface area contributed by atoms with E-state index in [0.717, 1.165) is 16.1 Å². The number of aromatic nitrogens is 1. The molecule has 0 aliphatic heterocycles. The van der Waals surface area contributed by atoms with Gasteiger partial charge in [0.1, 0.15) is 5.76 Å². The van der Waals surface area contributed by atoms with Crippen molar-refractivity contribution in [3.05, 3.63) is 47.7 Å². The van der Waals surface area contributed by atoms with Crippen molar-refractivity contribution in [2.24, 2.45) is 0 Å². The molecule has 8 heteroatoms. The Kier molecular flexibility index (Phi) is 5.97. The zero-order chi connectivity index (χ0) is 17.6. The van der Waals surface area contributed by atoms with E-state index in [2.05, 4.69) is 10.5 Å². The number of benzene rings is 1. The summed E-state index contributed by atoms with van der Waals surface area (Å²) in [6.07, 6.45) is 2.09. The van der Waals surface area contributed by atoms with Gasteiger partial charge in [0.15, 0.2) is 5.82 Å². The summed E-state index contributed by atoms with van der Waals surface area (Å²) in [5.74, 6) is 0.614. The quantitative estimate of drug-likeness (QED) is 0.778. The Morgan fingerprint density at radius 2 is 2.00 bits per heavy atom. The van der Waals surface area contributed by atoms with Crippen molar-refractivity contribution in [2.45, 2.75) is 19.8 Å². The summed E-state index contributed by atoms with van der Waals surface area (Å²) in [5, 5.41) is 6.44. The van der Waals surface area contributed by atoms with Gasteiger partial charge in [-0.3, -0.25) is 4.79 Å². The van der Waals surface area contributed by atoms with Crippen LogP contribution in [0.4, 0.5) is 5.82 Å². The molecule has 0 bridgehead atoms. The Morgan fingerprint density at radius 1 is 1.29 bits per heavy atom. The van der Waals surface area contributed by atoms with E-state index in [4.69, 9.17) is 4.52 Å². The molecule has 7 nitrogen and oxygen atoms in total. The summed E-state index contributed by atoms with van der Waals surface area (Å²) in [5.41, 5.74) is 1.09. The molecule has 0 saturated carbocycles. The zero-order valence-electron chi connectivity index (χ0n) is 13.7.